The maximum absolute atomic E-state index is 5.57. The molecule has 0 bridgehead atoms. The average Bonchev–Trinajstić information content (AvgIpc) is 3.01. The van der Waals surface area contributed by atoms with E-state index >= 15 is 0 Å². The van der Waals surface area contributed by atoms with E-state index in [4.69, 9.17) is 18.9 Å². The van der Waals surface area contributed by atoms with Gasteiger partial charge in [0.2, 0.25) is 0 Å². The number of methoxy groups -OCH3 is 2. The van der Waals surface area contributed by atoms with Gasteiger partial charge in [-0.05, 0) is 35.7 Å². The van der Waals surface area contributed by atoms with Gasteiger partial charge >= 0.3 is 0 Å². The van der Waals surface area contributed by atoms with Crippen LogP contribution >= 0.6 is 0 Å². The zero-order chi connectivity index (χ0) is 16.8. The Bertz CT molecular complexity index is 771. The molecule has 0 aliphatic rings. The molecular weight excluding hydrogens is 306 g/mol. The van der Waals surface area contributed by atoms with Gasteiger partial charge in [-0.1, -0.05) is 18.2 Å². The van der Waals surface area contributed by atoms with Gasteiger partial charge in [-0.25, -0.2) is 0 Å². The summed E-state index contributed by atoms with van der Waals surface area (Å²) in [4.78, 5) is 3.30. The molecule has 1 heterocycles. The van der Waals surface area contributed by atoms with Gasteiger partial charge in [-0.2, -0.15) is 0 Å². The Labute approximate surface area is 141 Å². The first kappa shape index (κ1) is 16.4. The second-order valence-electron chi connectivity index (χ2n) is 5.45. The molecule has 0 unspecified atom stereocenters. The van der Waals surface area contributed by atoms with Crippen LogP contribution in [-0.2, 0) is 15.9 Å². The first-order chi connectivity index (χ1) is 11.8. The maximum Gasteiger partial charge on any atom is 0.188 e. The third-order valence-corrected chi connectivity index (χ3v) is 3.70. The lowest BCUT2D eigenvalue weighted by molar-refractivity contribution is 0.0460. The molecule has 0 saturated carbocycles. The van der Waals surface area contributed by atoms with Crippen LogP contribution in [0, 0.1) is 0 Å². The first-order valence-corrected chi connectivity index (χ1v) is 7.72. The summed E-state index contributed by atoms with van der Waals surface area (Å²) in [5, 5.41) is 1.22. The molecule has 3 aromatic rings. The first-order valence-electron chi connectivity index (χ1n) is 7.72. The number of benzene rings is 2. The molecule has 0 radical (unpaired) electrons. The highest BCUT2D eigenvalue weighted by molar-refractivity contribution is 5.83. The second-order valence-corrected chi connectivity index (χ2v) is 5.45. The summed E-state index contributed by atoms with van der Waals surface area (Å²) in [5.41, 5.74) is 3.46. The van der Waals surface area contributed by atoms with E-state index in [0.29, 0.717) is 11.5 Å². The number of rotatable bonds is 8. The summed E-state index contributed by atoms with van der Waals surface area (Å²) in [6.45, 7) is 0.389. The van der Waals surface area contributed by atoms with E-state index in [9.17, 15) is 0 Å². The molecule has 3 rings (SSSR count). The molecule has 0 fully saturated rings. The van der Waals surface area contributed by atoms with Crippen LogP contribution in [0.5, 0.6) is 11.5 Å². The van der Waals surface area contributed by atoms with E-state index in [1.54, 1.807) is 14.2 Å². The van der Waals surface area contributed by atoms with Crippen LogP contribution in [0.2, 0.25) is 0 Å². The standard InChI is InChI=1S/C19H21NO4/c1-21-12-23-16-8-14(9-17(10-16)24-13-22-2)7-15-11-20-19-6-4-3-5-18(15)19/h3-6,8-11,20H,7,12-13H2,1-2H3. The van der Waals surface area contributed by atoms with Crippen molar-refractivity contribution in [2.24, 2.45) is 0 Å². The van der Waals surface area contributed by atoms with Gasteiger partial charge in [-0.3, -0.25) is 0 Å². The van der Waals surface area contributed by atoms with Crippen molar-refractivity contribution in [3.8, 4) is 11.5 Å². The normalized spacial score (nSPS) is 10.9. The molecule has 1 N–H and O–H groups in total. The van der Waals surface area contributed by atoms with Crippen molar-refractivity contribution in [1.82, 2.24) is 4.98 Å². The molecule has 0 aliphatic carbocycles. The molecule has 2 aromatic carbocycles. The van der Waals surface area contributed by atoms with Crippen molar-refractivity contribution >= 4 is 10.9 Å². The predicted octanol–water partition coefficient (Wildman–Crippen LogP) is 3.72. The summed E-state index contributed by atoms with van der Waals surface area (Å²) >= 11 is 0. The van der Waals surface area contributed by atoms with Crippen LogP contribution in [0.1, 0.15) is 11.1 Å². The largest absolute Gasteiger partial charge is 0.467 e. The Hall–Kier alpha value is -2.50. The molecule has 24 heavy (non-hydrogen) atoms. The van der Waals surface area contributed by atoms with E-state index in [0.717, 1.165) is 17.5 Å². The third kappa shape index (κ3) is 3.88. The highest BCUT2D eigenvalue weighted by Gasteiger charge is 2.08. The fourth-order valence-corrected chi connectivity index (χ4v) is 2.65. The summed E-state index contributed by atoms with van der Waals surface area (Å²) in [7, 11) is 3.19. The van der Waals surface area contributed by atoms with E-state index in [1.165, 1.54) is 10.9 Å². The number of aromatic amines is 1. The van der Waals surface area contributed by atoms with Crippen LogP contribution in [0.15, 0.2) is 48.7 Å². The van der Waals surface area contributed by atoms with Gasteiger partial charge in [0.05, 0.1) is 0 Å². The van der Waals surface area contributed by atoms with Crippen LogP contribution < -0.4 is 9.47 Å². The molecule has 126 valence electrons. The van der Waals surface area contributed by atoms with Crippen molar-refractivity contribution in [3.63, 3.8) is 0 Å². The molecule has 0 amide bonds. The van der Waals surface area contributed by atoms with E-state index in [-0.39, 0.29) is 13.6 Å². The monoisotopic (exact) mass is 327 g/mol. The lowest BCUT2D eigenvalue weighted by Crippen LogP contribution is -2.03. The van der Waals surface area contributed by atoms with Crippen LogP contribution in [0.4, 0.5) is 0 Å². The summed E-state index contributed by atoms with van der Waals surface area (Å²) < 4.78 is 21.1. The number of hydrogen-bond acceptors (Lipinski definition) is 4. The van der Waals surface area contributed by atoms with Gasteiger partial charge in [0.15, 0.2) is 13.6 Å². The molecular formula is C19H21NO4. The SMILES string of the molecule is COCOc1cc(Cc2c[nH]c3ccccc23)cc(OCOC)c1. The molecule has 0 spiro atoms. The van der Waals surface area contributed by atoms with Crippen molar-refractivity contribution < 1.29 is 18.9 Å². The Kier molecular flexibility index (Phi) is 5.36. The van der Waals surface area contributed by atoms with Gasteiger partial charge in [-0.15, -0.1) is 0 Å². The molecule has 0 atom stereocenters. The zero-order valence-electron chi connectivity index (χ0n) is 13.9. The quantitative estimate of drug-likeness (QED) is 0.641. The number of aromatic nitrogens is 1. The fourth-order valence-electron chi connectivity index (χ4n) is 2.65. The van der Waals surface area contributed by atoms with Crippen LogP contribution in [0.25, 0.3) is 10.9 Å². The summed E-state index contributed by atoms with van der Waals surface area (Å²) in [6, 6.07) is 14.1. The second kappa shape index (κ2) is 7.86. The number of hydrogen-bond donors (Lipinski definition) is 1. The highest BCUT2D eigenvalue weighted by Crippen LogP contribution is 2.27. The van der Waals surface area contributed by atoms with E-state index in [2.05, 4.69) is 17.1 Å². The molecule has 5 nitrogen and oxygen atoms in total. The predicted molar refractivity (Wildman–Crippen MR) is 92.6 cm³/mol. The molecule has 5 heteroatoms. The maximum atomic E-state index is 5.57. The van der Waals surface area contributed by atoms with E-state index in [1.807, 2.05) is 36.5 Å². The Morgan fingerprint density at radius 1 is 0.875 bits per heavy atom. The minimum atomic E-state index is 0.195. The third-order valence-electron chi connectivity index (χ3n) is 3.70. The molecule has 1 aromatic heterocycles. The summed E-state index contributed by atoms with van der Waals surface area (Å²) in [6.07, 6.45) is 2.82. The minimum absolute atomic E-state index is 0.195. The van der Waals surface area contributed by atoms with Crippen LogP contribution in [-0.4, -0.2) is 32.8 Å². The average molecular weight is 327 g/mol. The van der Waals surface area contributed by atoms with Gasteiger partial charge in [0.25, 0.3) is 0 Å². The Morgan fingerprint density at radius 2 is 1.54 bits per heavy atom. The smallest absolute Gasteiger partial charge is 0.188 e. The number of para-hydroxylation sites is 1. The highest BCUT2D eigenvalue weighted by atomic mass is 16.7. The summed E-state index contributed by atoms with van der Waals surface area (Å²) in [5.74, 6) is 1.42. The van der Waals surface area contributed by atoms with Gasteiger partial charge in [0, 0.05) is 37.4 Å². The van der Waals surface area contributed by atoms with Crippen molar-refractivity contribution in [2.45, 2.75) is 6.42 Å². The number of fused-ring (bicyclic) bond motifs is 1. The topological polar surface area (TPSA) is 52.7 Å². The van der Waals surface area contributed by atoms with Gasteiger partial charge < -0.3 is 23.9 Å². The van der Waals surface area contributed by atoms with Crippen LogP contribution in [0.3, 0.4) is 0 Å². The van der Waals surface area contributed by atoms with Gasteiger partial charge in [0.1, 0.15) is 11.5 Å². The van der Waals surface area contributed by atoms with E-state index < -0.39 is 0 Å². The Morgan fingerprint density at radius 3 is 2.21 bits per heavy atom. The van der Waals surface area contributed by atoms with Crippen molar-refractivity contribution in [2.75, 3.05) is 27.8 Å². The molecule has 0 saturated heterocycles. The molecule has 0 aliphatic heterocycles. The number of nitrogens with one attached hydrogen (secondary N) is 1. The van der Waals surface area contributed by atoms with Crippen molar-refractivity contribution in [3.05, 3.63) is 59.8 Å². The number of H-pyrrole nitrogens is 1. The lowest BCUT2D eigenvalue weighted by Gasteiger charge is -2.11. The Balaban J connectivity index is 1.87. The zero-order valence-corrected chi connectivity index (χ0v) is 13.9. The number of ether oxygens (including phenoxy) is 4. The minimum Gasteiger partial charge on any atom is -0.467 e. The fraction of sp³-hybridized carbons (Fsp3) is 0.263. The lowest BCUT2D eigenvalue weighted by atomic mass is 10.0. The van der Waals surface area contributed by atoms with Crippen molar-refractivity contribution in [1.29, 1.82) is 0 Å².